The highest BCUT2D eigenvalue weighted by Crippen LogP contribution is 2.40. The molecule has 1 aromatic carbocycles. The van der Waals surface area contributed by atoms with Crippen LogP contribution in [0.5, 0.6) is 17.4 Å². The van der Waals surface area contributed by atoms with E-state index in [1.807, 2.05) is 44.3 Å². The van der Waals surface area contributed by atoms with Crippen LogP contribution in [0.1, 0.15) is 18.6 Å². The van der Waals surface area contributed by atoms with Gasteiger partial charge in [-0.25, -0.2) is 4.98 Å². The second-order valence-electron chi connectivity index (χ2n) is 4.91. The number of hydrogen-bond acceptors (Lipinski definition) is 5. The monoisotopic (exact) mass is 286 g/mol. The summed E-state index contributed by atoms with van der Waals surface area (Å²) in [7, 11) is 3.47. The van der Waals surface area contributed by atoms with E-state index in [0.717, 1.165) is 22.7 Å². The number of nitrogens with one attached hydrogen (secondary N) is 1. The van der Waals surface area contributed by atoms with E-state index in [9.17, 15) is 0 Å². The fourth-order valence-electron chi connectivity index (χ4n) is 2.37. The molecule has 1 aliphatic heterocycles. The van der Waals surface area contributed by atoms with Crippen LogP contribution in [0.25, 0.3) is 0 Å². The summed E-state index contributed by atoms with van der Waals surface area (Å²) < 4.78 is 17.1. The van der Waals surface area contributed by atoms with Gasteiger partial charge in [0, 0.05) is 36.6 Å². The molecule has 3 rings (SSSR count). The Labute approximate surface area is 123 Å². The lowest BCUT2D eigenvalue weighted by Gasteiger charge is -2.32. The zero-order valence-corrected chi connectivity index (χ0v) is 12.3. The fourth-order valence-corrected chi connectivity index (χ4v) is 2.37. The molecule has 2 atom stereocenters. The third-order valence-electron chi connectivity index (χ3n) is 3.52. The minimum Gasteiger partial charge on any atom is -0.482 e. The molecule has 1 aliphatic rings. The van der Waals surface area contributed by atoms with Crippen LogP contribution in [0.3, 0.4) is 0 Å². The van der Waals surface area contributed by atoms with Crippen LogP contribution >= 0.6 is 0 Å². The van der Waals surface area contributed by atoms with E-state index >= 15 is 0 Å². The average molecular weight is 286 g/mol. The fraction of sp³-hybridized carbons (Fsp3) is 0.312. The number of pyridine rings is 1. The van der Waals surface area contributed by atoms with Gasteiger partial charge in [-0.2, -0.15) is 0 Å². The quantitative estimate of drug-likeness (QED) is 0.940. The number of benzene rings is 1. The molecule has 0 bridgehead atoms. The van der Waals surface area contributed by atoms with Crippen LogP contribution < -0.4 is 19.5 Å². The van der Waals surface area contributed by atoms with Gasteiger partial charge in [-0.1, -0.05) is 0 Å². The third-order valence-corrected chi connectivity index (χ3v) is 3.52. The van der Waals surface area contributed by atoms with Crippen molar-refractivity contribution in [1.82, 2.24) is 4.98 Å². The molecule has 2 unspecified atom stereocenters. The Hall–Kier alpha value is -2.43. The Bertz CT molecular complexity index is 628. The molecule has 1 aromatic heterocycles. The molecule has 0 saturated carbocycles. The molecule has 2 aromatic rings. The lowest BCUT2D eigenvalue weighted by Crippen LogP contribution is -2.30. The molecule has 2 heterocycles. The van der Waals surface area contributed by atoms with Gasteiger partial charge in [-0.05, 0) is 25.1 Å². The molecule has 0 aliphatic carbocycles. The van der Waals surface area contributed by atoms with Crippen LogP contribution in [0.15, 0.2) is 36.5 Å². The van der Waals surface area contributed by atoms with Gasteiger partial charge in [0.2, 0.25) is 5.88 Å². The number of methoxy groups -OCH3 is 1. The zero-order chi connectivity index (χ0) is 14.8. The van der Waals surface area contributed by atoms with Crippen LogP contribution in [-0.4, -0.2) is 25.2 Å². The van der Waals surface area contributed by atoms with Gasteiger partial charge in [0.25, 0.3) is 0 Å². The Morgan fingerprint density at radius 3 is 2.67 bits per heavy atom. The van der Waals surface area contributed by atoms with E-state index in [0.29, 0.717) is 5.88 Å². The summed E-state index contributed by atoms with van der Waals surface area (Å²) in [5.41, 5.74) is 1.96. The van der Waals surface area contributed by atoms with Crippen molar-refractivity contribution in [1.29, 1.82) is 0 Å². The van der Waals surface area contributed by atoms with Crippen LogP contribution in [0.4, 0.5) is 5.69 Å². The molecule has 0 fully saturated rings. The van der Waals surface area contributed by atoms with Crippen molar-refractivity contribution in [3.8, 4) is 17.4 Å². The van der Waals surface area contributed by atoms with E-state index in [1.165, 1.54) is 0 Å². The number of anilines is 1. The van der Waals surface area contributed by atoms with Crippen molar-refractivity contribution in [2.24, 2.45) is 0 Å². The molecule has 5 nitrogen and oxygen atoms in total. The lowest BCUT2D eigenvalue weighted by molar-refractivity contribution is 0.0305. The normalized spacial score (nSPS) is 20.0. The first-order chi connectivity index (χ1) is 10.2. The highest BCUT2D eigenvalue weighted by Gasteiger charge is 2.30. The van der Waals surface area contributed by atoms with Gasteiger partial charge >= 0.3 is 0 Å². The van der Waals surface area contributed by atoms with Gasteiger partial charge in [0.05, 0.1) is 7.11 Å². The van der Waals surface area contributed by atoms with Crippen molar-refractivity contribution in [2.75, 3.05) is 19.5 Å². The largest absolute Gasteiger partial charge is 0.482 e. The number of ether oxygens (including phenoxy) is 3. The van der Waals surface area contributed by atoms with Crippen LogP contribution in [0, 0.1) is 0 Å². The van der Waals surface area contributed by atoms with Crippen molar-refractivity contribution >= 4 is 5.69 Å². The maximum absolute atomic E-state index is 6.07. The molecule has 0 saturated heterocycles. The minimum atomic E-state index is -0.184. The molecule has 1 N–H and O–H groups in total. The highest BCUT2D eigenvalue weighted by molar-refractivity contribution is 5.55. The first-order valence-corrected chi connectivity index (χ1v) is 6.86. The van der Waals surface area contributed by atoms with Gasteiger partial charge in [-0.3, -0.25) is 0 Å². The summed E-state index contributed by atoms with van der Waals surface area (Å²) in [4.78, 5) is 4.22. The Kier molecular flexibility index (Phi) is 3.56. The number of nitrogens with zero attached hydrogens (tertiary/aromatic N) is 1. The minimum absolute atomic E-state index is 0.0974. The summed E-state index contributed by atoms with van der Waals surface area (Å²) in [6.45, 7) is 1.99. The second-order valence-corrected chi connectivity index (χ2v) is 4.91. The van der Waals surface area contributed by atoms with Gasteiger partial charge in [0.1, 0.15) is 6.10 Å². The van der Waals surface area contributed by atoms with E-state index in [2.05, 4.69) is 10.3 Å². The topological polar surface area (TPSA) is 52.6 Å². The number of rotatable bonds is 3. The van der Waals surface area contributed by atoms with Gasteiger partial charge < -0.3 is 19.5 Å². The van der Waals surface area contributed by atoms with Gasteiger partial charge in [-0.15, -0.1) is 0 Å². The summed E-state index contributed by atoms with van der Waals surface area (Å²) in [5, 5.41) is 3.09. The first-order valence-electron chi connectivity index (χ1n) is 6.86. The summed E-state index contributed by atoms with van der Waals surface area (Å²) in [6.07, 6.45) is 1.48. The highest BCUT2D eigenvalue weighted by atomic mass is 16.6. The predicted octanol–water partition coefficient (Wildman–Crippen LogP) is 3.03. The number of hydrogen-bond donors (Lipinski definition) is 1. The summed E-state index contributed by atoms with van der Waals surface area (Å²) >= 11 is 0. The number of fused-ring (bicyclic) bond motifs is 1. The summed E-state index contributed by atoms with van der Waals surface area (Å²) in [5.74, 6) is 2.09. The Morgan fingerprint density at radius 1 is 1.14 bits per heavy atom. The molecule has 0 radical (unpaired) electrons. The Balaban J connectivity index is 1.87. The van der Waals surface area contributed by atoms with Crippen LogP contribution in [0.2, 0.25) is 0 Å². The SMILES string of the molecule is CNc1ccc2c(c1)OC(C)C(c1ccc(OC)nc1)O2. The molecular formula is C16H18N2O3. The second kappa shape index (κ2) is 5.52. The smallest absolute Gasteiger partial charge is 0.212 e. The van der Waals surface area contributed by atoms with Crippen LogP contribution in [-0.2, 0) is 0 Å². The van der Waals surface area contributed by atoms with Crippen molar-refractivity contribution in [3.63, 3.8) is 0 Å². The molecule has 0 spiro atoms. The number of aromatic nitrogens is 1. The van der Waals surface area contributed by atoms with Crippen molar-refractivity contribution < 1.29 is 14.2 Å². The summed E-state index contributed by atoms with van der Waals surface area (Å²) in [6, 6.07) is 9.58. The van der Waals surface area contributed by atoms with E-state index < -0.39 is 0 Å². The maximum atomic E-state index is 6.07. The molecule has 0 amide bonds. The molecular weight excluding hydrogens is 268 g/mol. The van der Waals surface area contributed by atoms with Crippen molar-refractivity contribution in [3.05, 3.63) is 42.1 Å². The molecule has 21 heavy (non-hydrogen) atoms. The zero-order valence-electron chi connectivity index (χ0n) is 12.3. The average Bonchev–Trinajstić information content (AvgIpc) is 2.53. The lowest BCUT2D eigenvalue weighted by atomic mass is 10.1. The first kappa shape index (κ1) is 13.5. The maximum Gasteiger partial charge on any atom is 0.212 e. The predicted molar refractivity (Wildman–Crippen MR) is 80.2 cm³/mol. The third kappa shape index (κ3) is 2.59. The van der Waals surface area contributed by atoms with E-state index in [4.69, 9.17) is 14.2 Å². The van der Waals surface area contributed by atoms with E-state index in [1.54, 1.807) is 13.3 Å². The molecule has 5 heteroatoms. The Morgan fingerprint density at radius 2 is 2.00 bits per heavy atom. The molecule has 110 valence electrons. The standard InChI is InChI=1S/C16H18N2O3/c1-10-16(11-4-7-15(19-3)18-9-11)21-13-6-5-12(17-2)8-14(13)20-10/h4-10,16-17H,1-3H3. The van der Waals surface area contributed by atoms with Crippen molar-refractivity contribution in [2.45, 2.75) is 19.1 Å². The van der Waals surface area contributed by atoms with Gasteiger partial charge in [0.15, 0.2) is 17.6 Å². The van der Waals surface area contributed by atoms with E-state index in [-0.39, 0.29) is 12.2 Å².